The van der Waals surface area contributed by atoms with Crippen LogP contribution < -0.4 is 21.1 Å². The second-order valence-corrected chi connectivity index (χ2v) is 5.25. The van der Waals surface area contributed by atoms with Crippen LogP contribution in [0.15, 0.2) is 11.0 Å². The predicted molar refractivity (Wildman–Crippen MR) is 79.3 cm³/mol. The van der Waals surface area contributed by atoms with Gasteiger partial charge in [0.25, 0.3) is 5.56 Å². The van der Waals surface area contributed by atoms with Crippen LogP contribution in [0.1, 0.15) is 12.8 Å². The maximum Gasteiger partial charge on any atom is 0.315 e. The molecule has 2 rings (SSSR count). The number of aliphatic carboxylic acids is 1. The molecule has 1 aliphatic rings. The van der Waals surface area contributed by atoms with E-state index in [1.165, 1.54) is 6.20 Å². The van der Waals surface area contributed by atoms with Gasteiger partial charge in [0.05, 0.1) is 18.3 Å². The van der Waals surface area contributed by atoms with Gasteiger partial charge in [-0.1, -0.05) is 11.6 Å². The van der Waals surface area contributed by atoms with Gasteiger partial charge in [-0.3, -0.25) is 9.59 Å². The van der Waals surface area contributed by atoms with Gasteiger partial charge < -0.3 is 20.6 Å². The second kappa shape index (κ2) is 7.12. The Hall–Kier alpha value is -2.29. The molecule has 1 aliphatic heterocycles. The third kappa shape index (κ3) is 4.10. The predicted octanol–water partition coefficient (Wildman–Crippen LogP) is -0.224. The molecule has 1 aromatic rings. The number of aromatic nitrogens is 2. The lowest BCUT2D eigenvalue weighted by Crippen LogP contribution is -2.44. The molecular weight excluding hydrogens is 314 g/mol. The number of hydrogen-bond acceptors (Lipinski definition) is 5. The molecule has 1 atom stereocenters. The van der Waals surface area contributed by atoms with Crippen LogP contribution in [-0.2, 0) is 4.79 Å². The van der Waals surface area contributed by atoms with E-state index in [0.29, 0.717) is 25.2 Å². The fourth-order valence-corrected chi connectivity index (χ4v) is 2.42. The second-order valence-electron chi connectivity index (χ2n) is 4.87. The highest BCUT2D eigenvalue weighted by Gasteiger charge is 2.26. The summed E-state index contributed by atoms with van der Waals surface area (Å²) < 4.78 is 0. The van der Waals surface area contributed by atoms with Crippen molar-refractivity contribution >= 4 is 29.3 Å². The molecule has 2 heterocycles. The Morgan fingerprint density at radius 2 is 2.32 bits per heavy atom. The number of anilines is 1. The molecule has 1 aromatic heterocycles. The van der Waals surface area contributed by atoms with Crippen LogP contribution in [0.5, 0.6) is 0 Å². The van der Waals surface area contributed by atoms with Crippen molar-refractivity contribution < 1.29 is 14.7 Å². The molecule has 0 aliphatic carbocycles. The molecule has 0 saturated carbocycles. The van der Waals surface area contributed by atoms with E-state index in [1.807, 2.05) is 4.90 Å². The maximum atomic E-state index is 11.6. The van der Waals surface area contributed by atoms with Crippen LogP contribution in [0.3, 0.4) is 0 Å². The fraction of sp³-hybridized carbons (Fsp3) is 0.500. The molecule has 22 heavy (non-hydrogen) atoms. The monoisotopic (exact) mass is 329 g/mol. The molecule has 10 heteroatoms. The van der Waals surface area contributed by atoms with Crippen LogP contribution in [0.2, 0.25) is 5.02 Å². The molecule has 0 radical (unpaired) electrons. The van der Waals surface area contributed by atoms with Gasteiger partial charge >= 0.3 is 12.0 Å². The molecule has 1 saturated heterocycles. The Labute approximate surface area is 130 Å². The Bertz CT molecular complexity index is 620. The molecule has 1 fully saturated rings. The number of halogens is 1. The van der Waals surface area contributed by atoms with Gasteiger partial charge in [0.1, 0.15) is 5.02 Å². The van der Waals surface area contributed by atoms with Gasteiger partial charge in [-0.2, -0.15) is 5.10 Å². The quantitative estimate of drug-likeness (QED) is 0.591. The summed E-state index contributed by atoms with van der Waals surface area (Å²) in [5.74, 6) is -0.969. The Balaban J connectivity index is 1.85. The topological polar surface area (TPSA) is 127 Å². The number of aromatic amines is 1. The molecule has 9 nitrogen and oxygen atoms in total. The molecular formula is C12H16ClN5O4. The standard InChI is InChI=1S/C12H16ClN5O4/c13-10-8(5-15-17-11(10)21)18-4-2-7(6-18)16-12(22)14-3-1-9(19)20/h5,7H,1-4,6H2,(H,17,21)(H,19,20)(H2,14,16,22)/t7-/m1/s1. The highest BCUT2D eigenvalue weighted by Crippen LogP contribution is 2.24. The van der Waals surface area contributed by atoms with Gasteiger partial charge in [0, 0.05) is 25.7 Å². The van der Waals surface area contributed by atoms with Crippen LogP contribution in [0.4, 0.5) is 10.5 Å². The van der Waals surface area contributed by atoms with Crippen molar-refractivity contribution in [1.29, 1.82) is 0 Å². The minimum Gasteiger partial charge on any atom is -0.481 e. The molecule has 0 spiro atoms. The normalized spacial score (nSPS) is 17.3. The first-order valence-corrected chi connectivity index (χ1v) is 7.09. The van der Waals surface area contributed by atoms with E-state index in [1.54, 1.807) is 0 Å². The number of H-pyrrole nitrogens is 1. The highest BCUT2D eigenvalue weighted by atomic mass is 35.5. The van der Waals surface area contributed by atoms with Gasteiger partial charge in [-0.05, 0) is 6.42 Å². The first-order chi connectivity index (χ1) is 10.5. The van der Waals surface area contributed by atoms with Gasteiger partial charge in [-0.15, -0.1) is 0 Å². The number of nitrogens with one attached hydrogen (secondary N) is 3. The molecule has 2 amide bonds. The third-order valence-electron chi connectivity index (χ3n) is 3.27. The highest BCUT2D eigenvalue weighted by molar-refractivity contribution is 6.33. The summed E-state index contributed by atoms with van der Waals surface area (Å²) in [4.78, 5) is 35.3. The zero-order chi connectivity index (χ0) is 16.1. The minimum absolute atomic E-state index is 0.0708. The van der Waals surface area contributed by atoms with E-state index in [2.05, 4.69) is 20.8 Å². The molecule has 4 N–H and O–H groups in total. The first kappa shape index (κ1) is 16.1. The summed E-state index contributed by atoms with van der Waals surface area (Å²) >= 11 is 5.94. The zero-order valence-corrected chi connectivity index (χ0v) is 12.4. The Morgan fingerprint density at radius 1 is 1.55 bits per heavy atom. The number of nitrogens with zero attached hydrogens (tertiary/aromatic N) is 2. The van der Waals surface area contributed by atoms with Gasteiger partial charge in [0.2, 0.25) is 0 Å². The third-order valence-corrected chi connectivity index (χ3v) is 3.63. The van der Waals surface area contributed by atoms with E-state index in [4.69, 9.17) is 16.7 Å². The number of carbonyl (C=O) groups is 2. The van der Waals surface area contributed by atoms with Crippen molar-refractivity contribution in [3.63, 3.8) is 0 Å². The number of rotatable bonds is 5. The summed E-state index contributed by atoms with van der Waals surface area (Å²) in [6.07, 6.45) is 2.03. The fourth-order valence-electron chi connectivity index (χ4n) is 2.21. The first-order valence-electron chi connectivity index (χ1n) is 6.71. The van der Waals surface area contributed by atoms with Crippen molar-refractivity contribution in [3.05, 3.63) is 21.6 Å². The van der Waals surface area contributed by atoms with E-state index in [9.17, 15) is 14.4 Å². The van der Waals surface area contributed by atoms with Crippen LogP contribution in [0, 0.1) is 0 Å². The smallest absolute Gasteiger partial charge is 0.315 e. The van der Waals surface area contributed by atoms with Gasteiger partial charge in [0.15, 0.2) is 0 Å². The van der Waals surface area contributed by atoms with Crippen LogP contribution in [-0.4, -0.2) is 53.0 Å². The number of carboxylic acid groups (broad SMARTS) is 1. The lowest BCUT2D eigenvalue weighted by molar-refractivity contribution is -0.136. The molecule has 0 bridgehead atoms. The number of amides is 2. The number of carbonyl (C=O) groups excluding carboxylic acids is 1. The maximum absolute atomic E-state index is 11.6. The van der Waals surface area contributed by atoms with E-state index in [-0.39, 0.29) is 24.0 Å². The average molecular weight is 330 g/mol. The van der Waals surface area contributed by atoms with Crippen molar-refractivity contribution in [1.82, 2.24) is 20.8 Å². The molecule has 0 unspecified atom stereocenters. The lowest BCUT2D eigenvalue weighted by Gasteiger charge is -2.19. The van der Waals surface area contributed by atoms with Crippen molar-refractivity contribution in [2.24, 2.45) is 0 Å². The summed E-state index contributed by atoms with van der Waals surface area (Å²) in [5.41, 5.74) is 0.0722. The lowest BCUT2D eigenvalue weighted by atomic mass is 10.3. The van der Waals surface area contributed by atoms with Crippen LogP contribution >= 0.6 is 11.6 Å². The van der Waals surface area contributed by atoms with E-state index >= 15 is 0 Å². The molecule has 120 valence electrons. The zero-order valence-electron chi connectivity index (χ0n) is 11.6. The minimum atomic E-state index is -0.969. The van der Waals surface area contributed by atoms with Crippen LogP contribution in [0.25, 0.3) is 0 Å². The number of urea groups is 1. The summed E-state index contributed by atoms with van der Waals surface area (Å²) in [5, 5.41) is 19.8. The number of carboxylic acids is 1. The van der Waals surface area contributed by atoms with Crippen molar-refractivity contribution in [3.8, 4) is 0 Å². The SMILES string of the molecule is O=C(O)CCNC(=O)N[C@@H]1CCN(c2cn[nH]c(=O)c2Cl)C1. The van der Waals surface area contributed by atoms with E-state index in [0.717, 1.165) is 0 Å². The Morgan fingerprint density at radius 3 is 3.05 bits per heavy atom. The summed E-state index contributed by atoms with van der Waals surface area (Å²) in [6, 6.07) is -0.525. The summed E-state index contributed by atoms with van der Waals surface area (Å²) in [7, 11) is 0. The van der Waals surface area contributed by atoms with Gasteiger partial charge in [-0.25, -0.2) is 9.89 Å². The largest absolute Gasteiger partial charge is 0.481 e. The summed E-state index contributed by atoms with van der Waals surface area (Å²) in [6.45, 7) is 1.20. The average Bonchev–Trinajstić information content (AvgIpc) is 2.89. The van der Waals surface area contributed by atoms with E-state index < -0.39 is 17.6 Å². The Kier molecular flexibility index (Phi) is 5.21. The van der Waals surface area contributed by atoms with Crippen molar-refractivity contribution in [2.75, 3.05) is 24.5 Å². The van der Waals surface area contributed by atoms with Crippen molar-refractivity contribution in [2.45, 2.75) is 18.9 Å². The number of hydrogen-bond donors (Lipinski definition) is 4. The molecule has 0 aromatic carbocycles.